The van der Waals surface area contributed by atoms with Crippen molar-refractivity contribution < 1.29 is 24.4 Å². The molecule has 0 spiro atoms. The molecule has 2 aliphatic rings. The van der Waals surface area contributed by atoms with Crippen LogP contribution in [0.5, 0.6) is 0 Å². The summed E-state index contributed by atoms with van der Waals surface area (Å²) in [6.07, 6.45) is 0.849. The molecule has 1 heterocycles. The van der Waals surface area contributed by atoms with Crippen LogP contribution in [0.25, 0.3) is 0 Å². The minimum atomic E-state index is -1.05. The number of rotatable bonds is 5. The Labute approximate surface area is 150 Å². The molecule has 26 heavy (non-hydrogen) atoms. The van der Waals surface area contributed by atoms with Crippen LogP contribution in [0.1, 0.15) is 31.2 Å². The number of carboxylic acid groups (broad SMARTS) is 1. The predicted octanol–water partition coefficient (Wildman–Crippen LogP) is 2.20. The molecule has 1 atom stereocenters. The molecule has 3 rings (SSSR count). The Morgan fingerprint density at radius 2 is 2.08 bits per heavy atom. The second-order valence-corrected chi connectivity index (χ2v) is 6.65. The summed E-state index contributed by atoms with van der Waals surface area (Å²) in [6.45, 7) is 2.38. The molecular weight excluding hydrogens is 342 g/mol. The van der Waals surface area contributed by atoms with Gasteiger partial charge < -0.3 is 14.7 Å². The number of hydrogen-bond donors (Lipinski definition) is 1. The molecule has 1 aliphatic carbocycles. The van der Waals surface area contributed by atoms with Gasteiger partial charge in [0.25, 0.3) is 5.69 Å². The monoisotopic (exact) mass is 363 g/mol. The topological polar surface area (TPSA) is 113 Å². The predicted molar refractivity (Wildman–Crippen MR) is 92.4 cm³/mol. The number of hydrogen-bond acceptors (Lipinski definition) is 6. The number of amides is 1. The van der Waals surface area contributed by atoms with Crippen LogP contribution in [-0.4, -0.2) is 59.3 Å². The molecule has 0 unspecified atom stereocenters. The second-order valence-electron chi connectivity index (χ2n) is 6.65. The third-order valence-corrected chi connectivity index (χ3v) is 4.80. The maximum absolute atomic E-state index is 11.4. The smallest absolute Gasteiger partial charge is 0.407 e. The zero-order valence-corrected chi connectivity index (χ0v) is 14.5. The van der Waals surface area contributed by atoms with Gasteiger partial charge in [0.05, 0.1) is 11.0 Å². The fourth-order valence-corrected chi connectivity index (χ4v) is 3.32. The minimum absolute atomic E-state index is 0.0133. The van der Waals surface area contributed by atoms with Gasteiger partial charge in [-0.1, -0.05) is 0 Å². The number of ether oxygens (including phenoxy) is 1. The molecule has 1 saturated carbocycles. The van der Waals surface area contributed by atoms with E-state index in [0.717, 1.165) is 24.1 Å². The Bertz CT molecular complexity index is 733. The Hall–Kier alpha value is -2.84. The summed E-state index contributed by atoms with van der Waals surface area (Å²) in [5.41, 5.74) is 1.71. The van der Waals surface area contributed by atoms with E-state index < -0.39 is 18.1 Å². The molecule has 1 amide bonds. The van der Waals surface area contributed by atoms with E-state index >= 15 is 0 Å². The summed E-state index contributed by atoms with van der Waals surface area (Å²) in [5.74, 6) is -0.230. The van der Waals surface area contributed by atoms with Crippen LogP contribution in [-0.2, 0) is 9.53 Å². The quantitative estimate of drug-likeness (QED) is 0.485. The summed E-state index contributed by atoms with van der Waals surface area (Å²) in [4.78, 5) is 36.6. The number of nitro benzene ring substituents is 1. The van der Waals surface area contributed by atoms with Crippen molar-refractivity contribution in [2.45, 2.75) is 31.7 Å². The molecule has 1 saturated heterocycles. The molecule has 1 N–H and O–H groups in total. The van der Waals surface area contributed by atoms with Gasteiger partial charge in [0.15, 0.2) is 0 Å². The van der Waals surface area contributed by atoms with Crippen molar-refractivity contribution in [1.82, 2.24) is 4.90 Å². The standard InChI is InChI=1S/C17H21N3O6/c1-11(21)26-10-14-9-18(6-7-19(14)17(22)23)13-4-5-16(20(24)25)15(8-13)12-2-3-12/h4-5,8,12,14H,2-3,6-7,9-10H2,1H3,(H,22,23)/t14-/m1/s1. The Morgan fingerprint density at radius 1 is 1.35 bits per heavy atom. The molecule has 9 nitrogen and oxygen atoms in total. The summed E-state index contributed by atoms with van der Waals surface area (Å²) in [7, 11) is 0. The van der Waals surface area contributed by atoms with Gasteiger partial charge in [0.2, 0.25) is 0 Å². The van der Waals surface area contributed by atoms with Crippen molar-refractivity contribution in [3.05, 3.63) is 33.9 Å². The van der Waals surface area contributed by atoms with Crippen LogP contribution in [0.2, 0.25) is 0 Å². The normalized spacial score (nSPS) is 20.0. The number of carbonyl (C=O) groups excluding carboxylic acids is 1. The van der Waals surface area contributed by atoms with E-state index in [1.165, 1.54) is 17.9 Å². The lowest BCUT2D eigenvalue weighted by atomic mass is 10.1. The lowest BCUT2D eigenvalue weighted by molar-refractivity contribution is -0.385. The first kappa shape index (κ1) is 18.0. The van der Waals surface area contributed by atoms with Crippen LogP contribution in [0, 0.1) is 10.1 Å². The highest BCUT2D eigenvalue weighted by Crippen LogP contribution is 2.45. The SMILES string of the molecule is CC(=O)OC[C@H]1CN(c2ccc([N+](=O)[O-])c(C3CC3)c2)CCN1C(=O)O. The lowest BCUT2D eigenvalue weighted by Crippen LogP contribution is -2.56. The number of carbonyl (C=O) groups is 2. The van der Waals surface area contributed by atoms with Crippen molar-refractivity contribution in [3.63, 3.8) is 0 Å². The number of nitro groups is 1. The Morgan fingerprint density at radius 3 is 2.65 bits per heavy atom. The summed E-state index contributed by atoms with van der Waals surface area (Å²) in [5, 5.41) is 20.6. The van der Waals surface area contributed by atoms with Crippen molar-refractivity contribution >= 4 is 23.4 Å². The van der Waals surface area contributed by atoms with Gasteiger partial charge in [0, 0.05) is 43.9 Å². The van der Waals surface area contributed by atoms with Crippen LogP contribution in [0.3, 0.4) is 0 Å². The van der Waals surface area contributed by atoms with Crippen molar-refractivity contribution in [1.29, 1.82) is 0 Å². The van der Waals surface area contributed by atoms with Gasteiger partial charge in [-0.3, -0.25) is 19.8 Å². The summed E-state index contributed by atoms with van der Waals surface area (Å²) in [6, 6.07) is 4.58. The van der Waals surface area contributed by atoms with E-state index in [2.05, 4.69) is 0 Å². The summed E-state index contributed by atoms with van der Waals surface area (Å²) < 4.78 is 5.01. The maximum Gasteiger partial charge on any atom is 0.407 e. The third kappa shape index (κ3) is 3.87. The van der Waals surface area contributed by atoms with Gasteiger partial charge >= 0.3 is 12.1 Å². The molecule has 140 valence electrons. The highest BCUT2D eigenvalue weighted by molar-refractivity contribution is 5.68. The Balaban J connectivity index is 1.80. The fraction of sp³-hybridized carbons (Fsp3) is 0.529. The molecule has 2 fully saturated rings. The van der Waals surface area contributed by atoms with Crippen LogP contribution in [0.4, 0.5) is 16.2 Å². The highest BCUT2D eigenvalue weighted by atomic mass is 16.6. The third-order valence-electron chi connectivity index (χ3n) is 4.80. The molecule has 0 aromatic heterocycles. The molecule has 1 aromatic carbocycles. The van der Waals surface area contributed by atoms with Crippen molar-refractivity contribution in [3.8, 4) is 0 Å². The molecule has 1 aromatic rings. The number of anilines is 1. The number of nitrogens with zero attached hydrogens (tertiary/aromatic N) is 3. The van der Waals surface area contributed by atoms with E-state index in [1.54, 1.807) is 6.07 Å². The molecule has 1 aliphatic heterocycles. The van der Waals surface area contributed by atoms with E-state index in [9.17, 15) is 24.8 Å². The lowest BCUT2D eigenvalue weighted by Gasteiger charge is -2.40. The molecule has 9 heteroatoms. The van der Waals surface area contributed by atoms with Crippen LogP contribution in [0.15, 0.2) is 18.2 Å². The molecule has 0 radical (unpaired) electrons. The maximum atomic E-state index is 11.4. The van der Waals surface area contributed by atoms with Crippen molar-refractivity contribution in [2.24, 2.45) is 0 Å². The zero-order chi connectivity index (χ0) is 18.8. The van der Waals surface area contributed by atoms with E-state index in [0.29, 0.717) is 13.1 Å². The first-order valence-electron chi connectivity index (χ1n) is 8.53. The van der Waals surface area contributed by atoms with E-state index in [1.807, 2.05) is 11.0 Å². The average Bonchev–Trinajstić information content (AvgIpc) is 3.44. The minimum Gasteiger partial charge on any atom is -0.465 e. The highest BCUT2D eigenvalue weighted by Gasteiger charge is 2.34. The van der Waals surface area contributed by atoms with Gasteiger partial charge in [-0.05, 0) is 30.9 Å². The van der Waals surface area contributed by atoms with E-state index in [4.69, 9.17) is 4.74 Å². The summed E-state index contributed by atoms with van der Waals surface area (Å²) >= 11 is 0. The first-order valence-corrected chi connectivity index (χ1v) is 8.53. The largest absolute Gasteiger partial charge is 0.465 e. The number of esters is 1. The second kappa shape index (κ2) is 7.19. The zero-order valence-electron chi connectivity index (χ0n) is 14.5. The van der Waals surface area contributed by atoms with Crippen LogP contribution >= 0.6 is 0 Å². The van der Waals surface area contributed by atoms with Gasteiger partial charge in [-0.25, -0.2) is 4.79 Å². The van der Waals surface area contributed by atoms with Crippen molar-refractivity contribution in [2.75, 3.05) is 31.1 Å². The Kier molecular flexibility index (Phi) is 4.97. The fourth-order valence-electron chi connectivity index (χ4n) is 3.32. The van der Waals surface area contributed by atoms with E-state index in [-0.39, 0.29) is 29.7 Å². The van der Waals surface area contributed by atoms with Gasteiger partial charge in [-0.15, -0.1) is 0 Å². The number of piperazine rings is 1. The van der Waals surface area contributed by atoms with Gasteiger partial charge in [-0.2, -0.15) is 0 Å². The molecular formula is C17H21N3O6. The first-order chi connectivity index (χ1) is 12.4. The van der Waals surface area contributed by atoms with Crippen LogP contribution < -0.4 is 4.90 Å². The average molecular weight is 363 g/mol. The number of benzene rings is 1. The molecule has 0 bridgehead atoms. The van der Waals surface area contributed by atoms with Gasteiger partial charge in [0.1, 0.15) is 6.61 Å².